The van der Waals surface area contributed by atoms with Crippen LogP contribution in [-0.4, -0.2) is 60.4 Å². The lowest BCUT2D eigenvalue weighted by molar-refractivity contribution is 0.0746. The van der Waals surface area contributed by atoms with E-state index in [1.54, 1.807) is 12.0 Å². The number of amides is 1. The van der Waals surface area contributed by atoms with Crippen LogP contribution in [0.15, 0.2) is 36.4 Å². The second-order valence-corrected chi connectivity index (χ2v) is 7.84. The van der Waals surface area contributed by atoms with Gasteiger partial charge in [0.2, 0.25) is 0 Å². The molecule has 1 saturated carbocycles. The van der Waals surface area contributed by atoms with Gasteiger partial charge in [0.1, 0.15) is 0 Å². The maximum Gasteiger partial charge on any atom is 0.254 e. The number of benzene rings is 2. The van der Waals surface area contributed by atoms with Crippen LogP contribution in [0.5, 0.6) is 23.0 Å². The van der Waals surface area contributed by atoms with E-state index < -0.39 is 0 Å². The zero-order valence-corrected chi connectivity index (χ0v) is 17.2. The normalized spacial score (nSPS) is 17.2. The van der Waals surface area contributed by atoms with Crippen LogP contribution < -0.4 is 14.4 Å². The Hall–Kier alpha value is -3.09. The molecule has 0 aromatic heterocycles. The Morgan fingerprint density at radius 1 is 0.933 bits per heavy atom. The van der Waals surface area contributed by atoms with Gasteiger partial charge in [-0.25, -0.2) is 0 Å². The Bertz CT molecular complexity index is 902. The first-order valence-corrected chi connectivity index (χ1v) is 10.5. The Balaban J connectivity index is 1.42. The van der Waals surface area contributed by atoms with Gasteiger partial charge in [-0.1, -0.05) is 0 Å². The second kappa shape index (κ2) is 8.73. The molecule has 2 aliphatic rings. The molecule has 1 heterocycles. The molecule has 0 spiro atoms. The minimum absolute atomic E-state index is 0.148. The van der Waals surface area contributed by atoms with Gasteiger partial charge in [0.15, 0.2) is 23.0 Å². The van der Waals surface area contributed by atoms with Crippen molar-refractivity contribution in [1.29, 1.82) is 0 Å². The number of ether oxygens (including phenoxy) is 2. The number of hydrogen-bond acceptors (Lipinski definition) is 6. The molecule has 0 bridgehead atoms. The van der Waals surface area contributed by atoms with Crippen molar-refractivity contribution in [2.24, 2.45) is 0 Å². The van der Waals surface area contributed by atoms with Crippen molar-refractivity contribution in [1.82, 2.24) is 4.90 Å². The Labute approximate surface area is 176 Å². The van der Waals surface area contributed by atoms with Gasteiger partial charge >= 0.3 is 0 Å². The number of carbonyl (C=O) groups is 1. The van der Waals surface area contributed by atoms with Crippen molar-refractivity contribution < 1.29 is 24.5 Å². The standard InChI is InChI=1S/C23H28N2O5/c1-29-21-9-7-17(15-22(21)30-18-4-2-3-5-18)24-10-12-25(13-11-24)23(28)16-6-8-19(26)20(27)14-16/h6-9,14-15,18,26-27H,2-5,10-13H2,1H3. The van der Waals surface area contributed by atoms with E-state index in [1.807, 2.05) is 18.2 Å². The third-order valence-corrected chi connectivity index (χ3v) is 5.90. The summed E-state index contributed by atoms with van der Waals surface area (Å²) >= 11 is 0. The first-order valence-electron chi connectivity index (χ1n) is 10.5. The van der Waals surface area contributed by atoms with Crippen LogP contribution in [0.3, 0.4) is 0 Å². The van der Waals surface area contributed by atoms with E-state index >= 15 is 0 Å². The minimum atomic E-state index is -0.285. The highest BCUT2D eigenvalue weighted by Gasteiger charge is 2.24. The molecular formula is C23H28N2O5. The molecular weight excluding hydrogens is 384 g/mol. The van der Waals surface area contributed by atoms with Crippen LogP contribution in [-0.2, 0) is 0 Å². The van der Waals surface area contributed by atoms with Gasteiger partial charge in [-0.3, -0.25) is 4.79 Å². The number of phenolic OH excluding ortho intramolecular Hbond substituents is 2. The molecule has 2 fully saturated rings. The van der Waals surface area contributed by atoms with Crippen molar-refractivity contribution in [3.8, 4) is 23.0 Å². The van der Waals surface area contributed by atoms with Crippen LogP contribution in [0.4, 0.5) is 5.69 Å². The highest BCUT2D eigenvalue weighted by atomic mass is 16.5. The summed E-state index contributed by atoms with van der Waals surface area (Å²) in [5.74, 6) is 0.857. The molecule has 4 rings (SSSR count). The van der Waals surface area contributed by atoms with Gasteiger partial charge in [0.25, 0.3) is 5.91 Å². The number of hydrogen-bond donors (Lipinski definition) is 2. The van der Waals surface area contributed by atoms with Gasteiger partial charge in [0.05, 0.1) is 13.2 Å². The largest absolute Gasteiger partial charge is 0.504 e. The van der Waals surface area contributed by atoms with Crippen LogP contribution in [0, 0.1) is 0 Å². The Kier molecular flexibility index (Phi) is 5.88. The van der Waals surface area contributed by atoms with E-state index in [-0.39, 0.29) is 23.5 Å². The zero-order valence-electron chi connectivity index (χ0n) is 17.2. The smallest absolute Gasteiger partial charge is 0.254 e. The summed E-state index contributed by atoms with van der Waals surface area (Å²) in [7, 11) is 1.65. The van der Waals surface area contributed by atoms with Crippen molar-refractivity contribution >= 4 is 11.6 Å². The molecule has 2 aromatic carbocycles. The molecule has 0 radical (unpaired) electrons. The highest BCUT2D eigenvalue weighted by Crippen LogP contribution is 2.35. The lowest BCUT2D eigenvalue weighted by Crippen LogP contribution is -2.48. The number of methoxy groups -OCH3 is 1. The number of aromatic hydroxyl groups is 2. The van der Waals surface area contributed by atoms with Crippen molar-refractivity contribution in [3.63, 3.8) is 0 Å². The summed E-state index contributed by atoms with van der Waals surface area (Å²) in [6, 6.07) is 10.2. The molecule has 2 N–H and O–H groups in total. The number of piperazine rings is 1. The van der Waals surface area contributed by atoms with Crippen molar-refractivity contribution in [3.05, 3.63) is 42.0 Å². The highest BCUT2D eigenvalue weighted by molar-refractivity contribution is 5.95. The van der Waals surface area contributed by atoms with Crippen LogP contribution in [0.2, 0.25) is 0 Å². The molecule has 2 aromatic rings. The quantitative estimate of drug-likeness (QED) is 0.733. The monoisotopic (exact) mass is 412 g/mol. The van der Waals surface area contributed by atoms with Crippen molar-refractivity contribution in [2.75, 3.05) is 38.2 Å². The number of anilines is 1. The lowest BCUT2D eigenvalue weighted by atomic mass is 10.1. The van der Waals surface area contributed by atoms with Crippen molar-refractivity contribution in [2.45, 2.75) is 31.8 Å². The Morgan fingerprint density at radius 2 is 1.67 bits per heavy atom. The fourth-order valence-electron chi connectivity index (χ4n) is 4.15. The molecule has 1 aliphatic carbocycles. The fraction of sp³-hybridized carbons (Fsp3) is 0.435. The van der Waals surface area contributed by atoms with Crippen LogP contribution in [0.25, 0.3) is 0 Å². The van der Waals surface area contributed by atoms with E-state index in [0.29, 0.717) is 31.7 Å². The van der Waals surface area contributed by atoms with Gasteiger partial charge in [-0.15, -0.1) is 0 Å². The van der Waals surface area contributed by atoms with E-state index in [1.165, 1.54) is 31.0 Å². The molecule has 1 amide bonds. The Morgan fingerprint density at radius 3 is 2.33 bits per heavy atom. The van der Waals surface area contributed by atoms with E-state index in [9.17, 15) is 15.0 Å². The molecule has 1 aliphatic heterocycles. The third kappa shape index (κ3) is 4.25. The summed E-state index contributed by atoms with van der Waals surface area (Å²) in [6.07, 6.45) is 4.84. The average Bonchev–Trinajstić information content (AvgIpc) is 3.28. The first-order chi connectivity index (χ1) is 14.5. The van der Waals surface area contributed by atoms with E-state index in [0.717, 1.165) is 30.0 Å². The topological polar surface area (TPSA) is 82.5 Å². The average molecular weight is 412 g/mol. The first kappa shape index (κ1) is 20.2. The van der Waals surface area contributed by atoms with E-state index in [4.69, 9.17) is 9.47 Å². The summed E-state index contributed by atoms with van der Waals surface area (Å²) in [5.41, 5.74) is 1.42. The predicted molar refractivity (Wildman–Crippen MR) is 114 cm³/mol. The lowest BCUT2D eigenvalue weighted by Gasteiger charge is -2.36. The van der Waals surface area contributed by atoms with E-state index in [2.05, 4.69) is 4.90 Å². The molecule has 1 saturated heterocycles. The molecule has 7 nitrogen and oxygen atoms in total. The predicted octanol–water partition coefficient (Wildman–Crippen LogP) is 3.39. The van der Waals surface area contributed by atoms with Gasteiger partial charge < -0.3 is 29.5 Å². The maximum absolute atomic E-state index is 12.7. The zero-order chi connectivity index (χ0) is 21.1. The van der Waals surface area contributed by atoms with Gasteiger partial charge in [-0.05, 0) is 56.0 Å². The minimum Gasteiger partial charge on any atom is -0.504 e. The summed E-state index contributed by atoms with van der Waals surface area (Å²) in [5, 5.41) is 19.1. The molecule has 160 valence electrons. The summed E-state index contributed by atoms with van der Waals surface area (Å²) in [6.45, 7) is 2.55. The third-order valence-electron chi connectivity index (χ3n) is 5.90. The molecule has 0 unspecified atom stereocenters. The second-order valence-electron chi connectivity index (χ2n) is 7.84. The van der Waals surface area contributed by atoms with Crippen LogP contribution >= 0.6 is 0 Å². The maximum atomic E-state index is 12.7. The van der Waals surface area contributed by atoms with Gasteiger partial charge in [0, 0.05) is 43.5 Å². The summed E-state index contributed by atoms with van der Waals surface area (Å²) < 4.78 is 11.7. The molecule has 0 atom stereocenters. The number of phenols is 2. The number of carbonyl (C=O) groups excluding carboxylic acids is 1. The summed E-state index contributed by atoms with van der Waals surface area (Å²) in [4.78, 5) is 16.7. The number of nitrogens with zero attached hydrogens (tertiary/aromatic N) is 2. The molecule has 30 heavy (non-hydrogen) atoms. The van der Waals surface area contributed by atoms with Gasteiger partial charge in [-0.2, -0.15) is 0 Å². The SMILES string of the molecule is COc1ccc(N2CCN(C(=O)c3ccc(O)c(O)c3)CC2)cc1OC1CCCC1. The number of rotatable bonds is 5. The van der Waals surface area contributed by atoms with Crippen LogP contribution in [0.1, 0.15) is 36.0 Å². The molecule has 7 heteroatoms. The fourth-order valence-corrected chi connectivity index (χ4v) is 4.15.